The molecular weight excluding hydrogens is 272 g/mol. The summed E-state index contributed by atoms with van der Waals surface area (Å²) in [6, 6.07) is 9.41. The van der Waals surface area contributed by atoms with Crippen molar-refractivity contribution in [2.24, 2.45) is 0 Å². The van der Waals surface area contributed by atoms with E-state index in [0.717, 1.165) is 21.5 Å². The molecule has 1 aromatic carbocycles. The van der Waals surface area contributed by atoms with Crippen molar-refractivity contribution in [1.29, 1.82) is 0 Å². The second kappa shape index (κ2) is 5.26. The fraction of sp³-hybridized carbons (Fsp3) is 0.200. The average molecular weight is 286 g/mol. The molecule has 0 aliphatic carbocycles. The van der Waals surface area contributed by atoms with Gasteiger partial charge in [0.1, 0.15) is 11.3 Å². The Morgan fingerprint density at radius 2 is 2.10 bits per heavy atom. The Balaban J connectivity index is 2.15. The second-order valence-electron chi connectivity index (χ2n) is 4.49. The van der Waals surface area contributed by atoms with E-state index < -0.39 is 11.2 Å². The lowest BCUT2D eigenvalue weighted by Gasteiger charge is -2.10. The number of benzene rings is 1. The van der Waals surface area contributed by atoms with Crippen LogP contribution in [0.4, 0.5) is 0 Å². The van der Waals surface area contributed by atoms with E-state index in [4.69, 9.17) is 4.42 Å². The first kappa shape index (κ1) is 13.1. The molecule has 0 spiro atoms. The molecule has 0 saturated carbocycles. The molecule has 1 unspecified atom stereocenters. The standard InChI is InChI=1S/C15H14N2O2S/c1-3-20(18)13-7-5-4-6-11(13)14-17-12-8-10(2)9-16-15(12)19-14/h4-9H,3H2,1-2H3. The van der Waals surface area contributed by atoms with Gasteiger partial charge in [-0.25, -0.2) is 9.97 Å². The highest BCUT2D eigenvalue weighted by atomic mass is 32.2. The van der Waals surface area contributed by atoms with Crippen molar-refractivity contribution in [1.82, 2.24) is 9.97 Å². The molecule has 0 bridgehead atoms. The number of hydrogen-bond donors (Lipinski definition) is 0. The van der Waals surface area contributed by atoms with Gasteiger partial charge >= 0.3 is 0 Å². The molecule has 102 valence electrons. The van der Waals surface area contributed by atoms with Crippen LogP contribution in [0.5, 0.6) is 0 Å². The third-order valence-corrected chi connectivity index (χ3v) is 4.38. The van der Waals surface area contributed by atoms with Crippen molar-refractivity contribution < 1.29 is 8.97 Å². The van der Waals surface area contributed by atoms with E-state index in [9.17, 15) is 4.55 Å². The zero-order valence-electron chi connectivity index (χ0n) is 11.3. The number of pyridine rings is 1. The van der Waals surface area contributed by atoms with Gasteiger partial charge in [0.15, 0.2) is 4.90 Å². The normalized spacial score (nSPS) is 12.8. The van der Waals surface area contributed by atoms with Crippen molar-refractivity contribution in [3.63, 3.8) is 0 Å². The fourth-order valence-electron chi connectivity index (χ4n) is 2.04. The third-order valence-electron chi connectivity index (χ3n) is 3.01. The van der Waals surface area contributed by atoms with Crippen LogP contribution in [-0.2, 0) is 11.2 Å². The quantitative estimate of drug-likeness (QED) is 0.693. The summed E-state index contributed by atoms with van der Waals surface area (Å²) in [5.74, 6) is 1.03. The molecule has 5 heteroatoms. The van der Waals surface area contributed by atoms with E-state index in [0.29, 0.717) is 17.4 Å². The van der Waals surface area contributed by atoms with Crippen LogP contribution in [-0.4, -0.2) is 20.3 Å². The number of hydrogen-bond acceptors (Lipinski definition) is 4. The molecule has 0 fully saturated rings. The molecule has 3 aromatic rings. The van der Waals surface area contributed by atoms with Gasteiger partial charge in [-0.15, -0.1) is 0 Å². The Bertz CT molecular complexity index is 754. The second-order valence-corrected chi connectivity index (χ2v) is 6.19. The van der Waals surface area contributed by atoms with Crippen molar-refractivity contribution in [3.05, 3.63) is 42.1 Å². The largest absolute Gasteiger partial charge is 0.611 e. The maximum absolute atomic E-state index is 12.1. The Kier molecular flexibility index (Phi) is 3.46. The van der Waals surface area contributed by atoms with Crippen LogP contribution in [0.15, 0.2) is 45.8 Å². The van der Waals surface area contributed by atoms with Crippen LogP contribution in [0.3, 0.4) is 0 Å². The summed E-state index contributed by atoms with van der Waals surface area (Å²) in [6.45, 7) is 3.85. The molecule has 1 atom stereocenters. The highest BCUT2D eigenvalue weighted by molar-refractivity contribution is 7.91. The monoisotopic (exact) mass is 286 g/mol. The van der Waals surface area contributed by atoms with Gasteiger partial charge in [-0.2, -0.15) is 0 Å². The summed E-state index contributed by atoms with van der Waals surface area (Å²) in [6.07, 6.45) is 1.74. The molecule has 0 radical (unpaired) electrons. The third kappa shape index (κ3) is 2.30. The van der Waals surface area contributed by atoms with Gasteiger partial charge in [0.25, 0.3) is 0 Å². The van der Waals surface area contributed by atoms with Crippen LogP contribution in [0.1, 0.15) is 12.5 Å². The Labute approximate surface area is 120 Å². The van der Waals surface area contributed by atoms with Gasteiger partial charge in [-0.3, -0.25) is 0 Å². The minimum Gasteiger partial charge on any atom is -0.611 e. The maximum Gasteiger partial charge on any atom is 0.247 e. The molecule has 2 heterocycles. The minimum absolute atomic E-state index is 0.468. The first-order chi connectivity index (χ1) is 9.69. The first-order valence-electron chi connectivity index (χ1n) is 6.40. The molecule has 0 aliphatic heterocycles. The molecule has 0 amide bonds. The predicted molar refractivity (Wildman–Crippen MR) is 78.9 cm³/mol. The lowest BCUT2D eigenvalue weighted by atomic mass is 10.2. The summed E-state index contributed by atoms with van der Waals surface area (Å²) >= 11 is -1.05. The summed E-state index contributed by atoms with van der Waals surface area (Å²) in [5.41, 5.74) is 3.02. The van der Waals surface area contributed by atoms with Gasteiger partial charge < -0.3 is 8.97 Å². The van der Waals surface area contributed by atoms with Crippen molar-refractivity contribution in [2.45, 2.75) is 18.7 Å². The SMILES string of the molecule is CC[S+]([O-])c1ccccc1-c1nc2cc(C)cnc2o1. The van der Waals surface area contributed by atoms with Gasteiger partial charge in [0.2, 0.25) is 11.6 Å². The van der Waals surface area contributed by atoms with Crippen molar-refractivity contribution >= 4 is 22.4 Å². The Morgan fingerprint density at radius 3 is 2.90 bits per heavy atom. The van der Waals surface area contributed by atoms with Crippen LogP contribution >= 0.6 is 0 Å². The fourth-order valence-corrected chi connectivity index (χ4v) is 2.98. The van der Waals surface area contributed by atoms with Crippen LogP contribution in [0.25, 0.3) is 22.7 Å². The minimum atomic E-state index is -1.05. The predicted octanol–water partition coefficient (Wildman–Crippen LogP) is 3.33. The number of aromatic nitrogens is 2. The number of fused-ring (bicyclic) bond motifs is 1. The molecule has 0 N–H and O–H groups in total. The van der Waals surface area contributed by atoms with Gasteiger partial charge in [-0.1, -0.05) is 12.1 Å². The number of nitrogens with zero attached hydrogens (tertiary/aromatic N) is 2. The van der Waals surface area contributed by atoms with Crippen LogP contribution < -0.4 is 0 Å². The lowest BCUT2D eigenvalue weighted by molar-refractivity contribution is 0.591. The van der Waals surface area contributed by atoms with Gasteiger partial charge in [0.05, 0.1) is 5.56 Å². The van der Waals surface area contributed by atoms with Gasteiger partial charge in [0, 0.05) is 6.20 Å². The van der Waals surface area contributed by atoms with Crippen LogP contribution in [0.2, 0.25) is 0 Å². The maximum atomic E-state index is 12.1. The number of aryl methyl sites for hydroxylation is 1. The molecule has 2 aromatic heterocycles. The first-order valence-corrected chi connectivity index (χ1v) is 7.72. The molecule has 3 rings (SSSR count). The van der Waals surface area contributed by atoms with E-state index in [1.165, 1.54) is 0 Å². The molecule has 0 saturated heterocycles. The highest BCUT2D eigenvalue weighted by Crippen LogP contribution is 2.29. The van der Waals surface area contributed by atoms with Crippen LogP contribution in [0, 0.1) is 6.92 Å². The smallest absolute Gasteiger partial charge is 0.247 e. The topological polar surface area (TPSA) is 62.0 Å². The zero-order chi connectivity index (χ0) is 14.1. The highest BCUT2D eigenvalue weighted by Gasteiger charge is 2.19. The van der Waals surface area contributed by atoms with E-state index in [1.807, 2.05) is 44.2 Å². The number of oxazole rings is 1. The summed E-state index contributed by atoms with van der Waals surface area (Å²) in [5, 5.41) is 0. The zero-order valence-corrected chi connectivity index (χ0v) is 12.1. The molecular formula is C15H14N2O2S. The molecule has 0 aliphatic rings. The summed E-state index contributed by atoms with van der Waals surface area (Å²) < 4.78 is 17.8. The van der Waals surface area contributed by atoms with Crippen molar-refractivity contribution in [2.75, 3.05) is 5.75 Å². The van der Waals surface area contributed by atoms with E-state index >= 15 is 0 Å². The van der Waals surface area contributed by atoms with E-state index in [2.05, 4.69) is 9.97 Å². The van der Waals surface area contributed by atoms with Gasteiger partial charge in [-0.05, 0) is 48.8 Å². The summed E-state index contributed by atoms with van der Waals surface area (Å²) in [4.78, 5) is 9.42. The molecule has 4 nitrogen and oxygen atoms in total. The lowest BCUT2D eigenvalue weighted by Crippen LogP contribution is -2.05. The van der Waals surface area contributed by atoms with Crippen molar-refractivity contribution in [3.8, 4) is 11.5 Å². The average Bonchev–Trinajstić information content (AvgIpc) is 2.89. The Morgan fingerprint density at radius 1 is 1.30 bits per heavy atom. The molecule has 20 heavy (non-hydrogen) atoms. The van der Waals surface area contributed by atoms with E-state index in [1.54, 1.807) is 6.20 Å². The Hall–Kier alpha value is -1.85. The number of rotatable bonds is 3. The summed E-state index contributed by atoms with van der Waals surface area (Å²) in [7, 11) is 0. The van der Waals surface area contributed by atoms with E-state index in [-0.39, 0.29) is 0 Å².